The highest BCUT2D eigenvalue weighted by molar-refractivity contribution is 5.88. The number of aryl methyl sites for hydroxylation is 1. The van der Waals surface area contributed by atoms with Crippen LogP contribution < -0.4 is 10.2 Å². The molecule has 1 atom stereocenters. The molecule has 1 aliphatic heterocycles. The van der Waals surface area contributed by atoms with Gasteiger partial charge in [-0.2, -0.15) is 5.10 Å². The van der Waals surface area contributed by atoms with Crippen LogP contribution in [-0.4, -0.2) is 49.8 Å². The molecule has 8 nitrogen and oxygen atoms in total. The second-order valence-corrected chi connectivity index (χ2v) is 6.25. The number of fused-ring (bicyclic) bond motifs is 1. The van der Waals surface area contributed by atoms with Crippen molar-refractivity contribution >= 4 is 22.8 Å². The molecule has 4 rings (SSSR count). The fourth-order valence-electron chi connectivity index (χ4n) is 3.23. The summed E-state index contributed by atoms with van der Waals surface area (Å²) < 4.78 is 1.75. The lowest BCUT2D eigenvalue weighted by molar-refractivity contribution is -0.119. The molecular formula is C17H19N7O. The number of aromatic nitrogens is 5. The first-order valence-electron chi connectivity index (χ1n) is 8.24. The summed E-state index contributed by atoms with van der Waals surface area (Å²) in [5.41, 5.74) is 1.65. The van der Waals surface area contributed by atoms with Crippen molar-refractivity contribution in [1.82, 2.24) is 30.0 Å². The lowest BCUT2D eigenvalue weighted by Crippen LogP contribution is -2.35. The summed E-state index contributed by atoms with van der Waals surface area (Å²) in [6.07, 6.45) is 6.17. The highest BCUT2D eigenvalue weighted by atomic mass is 16.1. The van der Waals surface area contributed by atoms with E-state index >= 15 is 0 Å². The zero-order valence-corrected chi connectivity index (χ0v) is 14.2. The molecule has 1 N–H and O–H groups in total. The number of nitrogens with one attached hydrogen (secondary N) is 1. The Balaban J connectivity index is 1.76. The highest BCUT2D eigenvalue weighted by Gasteiger charge is 2.27. The van der Waals surface area contributed by atoms with Crippen LogP contribution in [0.3, 0.4) is 0 Å². The molecule has 0 aliphatic carbocycles. The van der Waals surface area contributed by atoms with E-state index in [0.29, 0.717) is 5.82 Å². The van der Waals surface area contributed by atoms with Gasteiger partial charge in [0.2, 0.25) is 5.91 Å². The number of hydrogen-bond acceptors (Lipinski definition) is 6. The normalized spacial score (nSPS) is 17.2. The molecule has 0 saturated carbocycles. The number of nitrogens with zero attached hydrogens (tertiary/aromatic N) is 6. The van der Waals surface area contributed by atoms with Crippen molar-refractivity contribution in [2.75, 3.05) is 18.0 Å². The first kappa shape index (κ1) is 15.5. The van der Waals surface area contributed by atoms with E-state index in [1.54, 1.807) is 30.2 Å². The molecule has 0 aromatic carbocycles. The Labute approximate surface area is 144 Å². The van der Waals surface area contributed by atoms with Crippen LogP contribution in [0, 0.1) is 0 Å². The summed E-state index contributed by atoms with van der Waals surface area (Å²) in [6.45, 7) is 3.11. The van der Waals surface area contributed by atoms with E-state index in [1.807, 2.05) is 19.2 Å². The van der Waals surface area contributed by atoms with Gasteiger partial charge < -0.3 is 10.2 Å². The van der Waals surface area contributed by atoms with Crippen LogP contribution in [0.2, 0.25) is 0 Å². The molecule has 3 aromatic rings. The number of pyridine rings is 1. The van der Waals surface area contributed by atoms with Crippen LogP contribution in [-0.2, 0) is 11.8 Å². The first-order chi connectivity index (χ1) is 12.1. The smallest absolute Gasteiger partial charge is 0.217 e. The second-order valence-electron chi connectivity index (χ2n) is 6.25. The maximum Gasteiger partial charge on any atom is 0.217 e. The minimum absolute atomic E-state index is 0.00267. The number of rotatable bonds is 3. The van der Waals surface area contributed by atoms with Gasteiger partial charge in [0.25, 0.3) is 0 Å². The standard InChI is InChI=1S/C17H19N7O/c1-11(25)20-13-5-7-24(10-13)17-14-9-19-23(2)16(14)21-15(22-17)12-4-3-6-18-8-12/h3-4,6,8-9,13H,5,7,10H2,1-2H3,(H,20,25). The molecular weight excluding hydrogens is 318 g/mol. The van der Waals surface area contributed by atoms with Gasteiger partial charge in [0.1, 0.15) is 5.82 Å². The van der Waals surface area contributed by atoms with Gasteiger partial charge >= 0.3 is 0 Å². The summed E-state index contributed by atoms with van der Waals surface area (Å²) in [6, 6.07) is 3.95. The van der Waals surface area contributed by atoms with Crippen molar-refractivity contribution in [2.24, 2.45) is 7.05 Å². The second kappa shape index (κ2) is 6.12. The molecule has 0 spiro atoms. The summed E-state index contributed by atoms with van der Waals surface area (Å²) in [5.74, 6) is 1.48. The lowest BCUT2D eigenvalue weighted by Gasteiger charge is -2.19. The van der Waals surface area contributed by atoms with E-state index < -0.39 is 0 Å². The SMILES string of the molecule is CC(=O)NC1CCN(c2nc(-c3cccnc3)nc3c2cnn3C)C1. The molecule has 8 heteroatoms. The zero-order chi connectivity index (χ0) is 17.4. The number of amides is 1. The fourth-order valence-corrected chi connectivity index (χ4v) is 3.23. The monoisotopic (exact) mass is 337 g/mol. The van der Waals surface area contributed by atoms with Gasteiger partial charge in [0.15, 0.2) is 11.5 Å². The maximum absolute atomic E-state index is 11.3. The van der Waals surface area contributed by atoms with Crippen LogP contribution in [0.4, 0.5) is 5.82 Å². The third-order valence-corrected chi connectivity index (χ3v) is 4.39. The Bertz CT molecular complexity index is 921. The third kappa shape index (κ3) is 2.90. The number of carbonyl (C=O) groups is 1. The summed E-state index contributed by atoms with van der Waals surface area (Å²) in [7, 11) is 1.87. The Morgan fingerprint density at radius 2 is 2.20 bits per heavy atom. The van der Waals surface area contributed by atoms with Gasteiger partial charge in [-0.3, -0.25) is 14.5 Å². The fraction of sp³-hybridized carbons (Fsp3) is 0.353. The Kier molecular flexibility index (Phi) is 3.79. The van der Waals surface area contributed by atoms with E-state index in [9.17, 15) is 4.79 Å². The zero-order valence-electron chi connectivity index (χ0n) is 14.2. The predicted octanol–water partition coefficient (Wildman–Crippen LogP) is 1.14. The largest absolute Gasteiger partial charge is 0.354 e. The third-order valence-electron chi connectivity index (χ3n) is 4.39. The van der Waals surface area contributed by atoms with E-state index in [1.165, 1.54) is 0 Å². The van der Waals surface area contributed by atoms with E-state index in [4.69, 9.17) is 4.98 Å². The van der Waals surface area contributed by atoms with E-state index in [0.717, 1.165) is 41.9 Å². The summed E-state index contributed by atoms with van der Waals surface area (Å²) in [5, 5.41) is 8.23. The summed E-state index contributed by atoms with van der Waals surface area (Å²) in [4.78, 5) is 27.1. The van der Waals surface area contributed by atoms with Gasteiger partial charge in [-0.05, 0) is 18.6 Å². The molecule has 1 saturated heterocycles. The van der Waals surface area contributed by atoms with Crippen molar-refractivity contribution in [3.63, 3.8) is 0 Å². The van der Waals surface area contributed by atoms with Gasteiger partial charge in [0, 0.05) is 51.1 Å². The predicted molar refractivity (Wildman–Crippen MR) is 94.0 cm³/mol. The maximum atomic E-state index is 11.3. The Hall–Kier alpha value is -3.03. The molecule has 4 heterocycles. The minimum Gasteiger partial charge on any atom is -0.354 e. The van der Waals surface area contributed by atoms with Crippen molar-refractivity contribution < 1.29 is 4.79 Å². The molecule has 3 aromatic heterocycles. The van der Waals surface area contributed by atoms with Crippen molar-refractivity contribution in [1.29, 1.82) is 0 Å². The highest BCUT2D eigenvalue weighted by Crippen LogP contribution is 2.29. The van der Waals surface area contributed by atoms with E-state index in [-0.39, 0.29) is 11.9 Å². The minimum atomic E-state index is -0.00267. The van der Waals surface area contributed by atoms with Crippen molar-refractivity contribution in [2.45, 2.75) is 19.4 Å². The first-order valence-corrected chi connectivity index (χ1v) is 8.24. The average molecular weight is 337 g/mol. The van der Waals surface area contributed by atoms with Gasteiger partial charge in [0.05, 0.1) is 11.6 Å². The molecule has 0 radical (unpaired) electrons. The molecule has 1 fully saturated rings. The van der Waals surface area contributed by atoms with Crippen LogP contribution >= 0.6 is 0 Å². The van der Waals surface area contributed by atoms with Gasteiger partial charge in [-0.15, -0.1) is 0 Å². The molecule has 0 bridgehead atoms. The van der Waals surface area contributed by atoms with E-state index in [2.05, 4.69) is 25.3 Å². The van der Waals surface area contributed by atoms with Gasteiger partial charge in [-0.25, -0.2) is 9.97 Å². The average Bonchev–Trinajstić information content (AvgIpc) is 3.22. The topological polar surface area (TPSA) is 88.8 Å². The number of carbonyl (C=O) groups excluding carboxylic acids is 1. The number of anilines is 1. The number of hydrogen-bond donors (Lipinski definition) is 1. The Morgan fingerprint density at radius 1 is 1.32 bits per heavy atom. The molecule has 25 heavy (non-hydrogen) atoms. The van der Waals surface area contributed by atoms with Crippen molar-refractivity contribution in [3.8, 4) is 11.4 Å². The molecule has 128 valence electrons. The van der Waals surface area contributed by atoms with Crippen LogP contribution in [0.5, 0.6) is 0 Å². The molecule has 1 aliphatic rings. The Morgan fingerprint density at radius 3 is 2.96 bits per heavy atom. The van der Waals surface area contributed by atoms with Crippen LogP contribution in [0.25, 0.3) is 22.4 Å². The summed E-state index contributed by atoms with van der Waals surface area (Å²) >= 11 is 0. The van der Waals surface area contributed by atoms with Crippen LogP contribution in [0.15, 0.2) is 30.7 Å². The van der Waals surface area contributed by atoms with Crippen molar-refractivity contribution in [3.05, 3.63) is 30.7 Å². The lowest BCUT2D eigenvalue weighted by atomic mass is 10.2. The van der Waals surface area contributed by atoms with Crippen LogP contribution in [0.1, 0.15) is 13.3 Å². The molecule has 1 amide bonds. The van der Waals surface area contributed by atoms with Gasteiger partial charge in [-0.1, -0.05) is 0 Å². The molecule has 1 unspecified atom stereocenters. The quantitative estimate of drug-likeness (QED) is 0.771.